The molecule has 4 heterocycles. The lowest BCUT2D eigenvalue weighted by molar-refractivity contribution is -0.126. The van der Waals surface area contributed by atoms with Crippen molar-refractivity contribution in [1.29, 1.82) is 0 Å². The first kappa shape index (κ1) is 26.5. The van der Waals surface area contributed by atoms with E-state index in [9.17, 15) is 14.0 Å². The van der Waals surface area contributed by atoms with Crippen LogP contribution in [0.15, 0.2) is 66.2 Å². The molecule has 0 bridgehead atoms. The van der Waals surface area contributed by atoms with Gasteiger partial charge in [-0.25, -0.2) is 18.7 Å². The quantitative estimate of drug-likeness (QED) is 0.323. The van der Waals surface area contributed by atoms with Crippen LogP contribution >= 0.6 is 11.6 Å². The molecule has 5 rings (SSSR count). The predicted molar refractivity (Wildman–Crippen MR) is 151 cm³/mol. The Morgan fingerprint density at radius 2 is 2.03 bits per heavy atom. The first-order chi connectivity index (χ1) is 18.8. The van der Waals surface area contributed by atoms with E-state index in [1.807, 2.05) is 36.1 Å². The van der Waals surface area contributed by atoms with Crippen LogP contribution < -0.4 is 10.6 Å². The molecule has 3 aromatic heterocycles. The van der Waals surface area contributed by atoms with E-state index in [1.54, 1.807) is 11.0 Å². The van der Waals surface area contributed by atoms with Gasteiger partial charge in [0.2, 0.25) is 5.91 Å². The van der Waals surface area contributed by atoms with Gasteiger partial charge in [0.15, 0.2) is 11.5 Å². The molecule has 0 radical (unpaired) electrons. The largest absolute Gasteiger partial charge is 0.355 e. The third kappa shape index (κ3) is 4.90. The van der Waals surface area contributed by atoms with Gasteiger partial charge in [0, 0.05) is 37.4 Å². The van der Waals surface area contributed by atoms with Crippen LogP contribution in [0, 0.1) is 5.82 Å². The summed E-state index contributed by atoms with van der Waals surface area (Å²) in [5, 5.41) is 0.773. The molecular formula is C29H28ClFN6O2. The number of benzene rings is 1. The van der Waals surface area contributed by atoms with Crippen molar-refractivity contribution in [3.8, 4) is 16.9 Å². The number of hydrogen-bond donors (Lipinski definition) is 0. The number of pyridine rings is 2. The Bertz CT molecular complexity index is 1640. The van der Waals surface area contributed by atoms with Crippen LogP contribution in [0.5, 0.6) is 0 Å². The van der Waals surface area contributed by atoms with Gasteiger partial charge in [0.05, 0.1) is 28.0 Å². The highest BCUT2D eigenvalue weighted by Gasteiger charge is 2.30. The molecule has 1 fully saturated rings. The van der Waals surface area contributed by atoms with Crippen LogP contribution in [0.3, 0.4) is 0 Å². The Kier molecular flexibility index (Phi) is 7.43. The van der Waals surface area contributed by atoms with Crippen molar-refractivity contribution in [2.45, 2.75) is 32.7 Å². The number of para-hydroxylation sites is 1. The minimum absolute atomic E-state index is 0.142. The van der Waals surface area contributed by atoms with Gasteiger partial charge in [-0.3, -0.25) is 9.78 Å². The minimum atomic E-state index is -0.572. The normalized spacial score (nSPS) is 15.5. The molecule has 0 spiro atoms. The van der Waals surface area contributed by atoms with Crippen LogP contribution in [0.4, 0.5) is 10.2 Å². The maximum Gasteiger partial charge on any atom is 0.355 e. The highest BCUT2D eigenvalue weighted by Crippen LogP contribution is 2.35. The maximum atomic E-state index is 14.8. The van der Waals surface area contributed by atoms with Crippen molar-refractivity contribution in [3.05, 3.63) is 88.3 Å². The number of carbonyl (C=O) groups excluding carboxylic acids is 1. The highest BCUT2D eigenvalue weighted by molar-refractivity contribution is 6.33. The summed E-state index contributed by atoms with van der Waals surface area (Å²) in [6.45, 7) is 8.96. The molecule has 0 saturated carbocycles. The zero-order valence-electron chi connectivity index (χ0n) is 21.8. The van der Waals surface area contributed by atoms with Crippen molar-refractivity contribution in [3.63, 3.8) is 0 Å². The molecule has 0 N–H and O–H groups in total. The molecule has 1 amide bonds. The van der Waals surface area contributed by atoms with Gasteiger partial charge in [-0.2, -0.15) is 4.98 Å². The third-order valence-corrected chi connectivity index (χ3v) is 7.25. The number of amides is 1. The standard InChI is InChI=1S/C29H28ClFN6O2/c1-4-8-19-9-6-7-10-24(19)37-28-21(15-22(30)26(33-28)20-11-12-32-16-23(20)31)27(34-29(37)39)36-14-13-35(17-18(36)3)25(38)5-2/h5-7,9-12,15-16,18H,2,4,8,13-14,17H2,1,3H3/t18-/m0/s1. The number of fused-ring (bicyclic) bond motifs is 1. The lowest BCUT2D eigenvalue weighted by atomic mass is 10.1. The van der Waals surface area contributed by atoms with Crippen molar-refractivity contribution in [1.82, 2.24) is 24.4 Å². The van der Waals surface area contributed by atoms with Crippen LogP contribution in [0.25, 0.3) is 28.0 Å². The minimum Gasteiger partial charge on any atom is -0.350 e. The van der Waals surface area contributed by atoms with Crippen LogP contribution in [-0.2, 0) is 11.2 Å². The summed E-state index contributed by atoms with van der Waals surface area (Å²) < 4.78 is 16.3. The van der Waals surface area contributed by atoms with Gasteiger partial charge in [0.1, 0.15) is 5.82 Å². The molecule has 1 aliphatic heterocycles. The summed E-state index contributed by atoms with van der Waals surface area (Å²) in [5.41, 5.74) is 1.84. The van der Waals surface area contributed by atoms with E-state index in [1.165, 1.54) is 22.9 Å². The molecule has 1 saturated heterocycles. The molecule has 0 aliphatic carbocycles. The van der Waals surface area contributed by atoms with Crippen LogP contribution in [0.1, 0.15) is 25.8 Å². The molecule has 200 valence electrons. The van der Waals surface area contributed by atoms with Crippen LogP contribution in [-0.4, -0.2) is 56.0 Å². The summed E-state index contributed by atoms with van der Waals surface area (Å²) in [5.74, 6) is -0.290. The van der Waals surface area contributed by atoms with E-state index in [0.29, 0.717) is 42.2 Å². The average molecular weight is 547 g/mol. The smallest absolute Gasteiger partial charge is 0.350 e. The number of halogens is 2. The molecule has 4 aromatic rings. The number of hydrogen-bond acceptors (Lipinski definition) is 6. The molecule has 1 aromatic carbocycles. The average Bonchev–Trinajstić information content (AvgIpc) is 2.93. The molecule has 39 heavy (non-hydrogen) atoms. The van der Waals surface area contributed by atoms with Crippen LogP contribution in [0.2, 0.25) is 5.02 Å². The van der Waals surface area contributed by atoms with Crippen molar-refractivity contribution in [2.75, 3.05) is 24.5 Å². The molecule has 1 atom stereocenters. The highest BCUT2D eigenvalue weighted by atomic mass is 35.5. The Morgan fingerprint density at radius 3 is 2.74 bits per heavy atom. The topological polar surface area (TPSA) is 84.2 Å². The van der Waals surface area contributed by atoms with Gasteiger partial charge in [-0.15, -0.1) is 0 Å². The second-order valence-electron chi connectivity index (χ2n) is 9.51. The Balaban J connectivity index is 1.77. The summed E-state index contributed by atoms with van der Waals surface area (Å²) in [4.78, 5) is 42.8. The van der Waals surface area contributed by atoms with Crippen molar-refractivity contribution in [2.24, 2.45) is 0 Å². The third-order valence-electron chi connectivity index (χ3n) is 6.97. The number of aryl methyl sites for hydroxylation is 1. The summed E-state index contributed by atoms with van der Waals surface area (Å²) in [6.07, 6.45) is 5.50. The number of rotatable bonds is 6. The van der Waals surface area contributed by atoms with E-state index in [4.69, 9.17) is 16.6 Å². The fourth-order valence-electron chi connectivity index (χ4n) is 5.11. The second-order valence-corrected chi connectivity index (χ2v) is 9.92. The zero-order chi connectivity index (χ0) is 27.7. The van der Waals surface area contributed by atoms with Gasteiger partial charge in [0.25, 0.3) is 0 Å². The number of carbonyl (C=O) groups is 1. The lowest BCUT2D eigenvalue weighted by Crippen LogP contribution is -2.54. The Labute approximate surface area is 230 Å². The Morgan fingerprint density at radius 1 is 1.23 bits per heavy atom. The maximum absolute atomic E-state index is 14.8. The van der Waals surface area contributed by atoms with E-state index >= 15 is 0 Å². The zero-order valence-corrected chi connectivity index (χ0v) is 22.5. The Hall–Kier alpha value is -4.11. The fourth-order valence-corrected chi connectivity index (χ4v) is 5.36. The second kappa shape index (κ2) is 10.9. The fraction of sp³-hybridized carbons (Fsp3) is 0.276. The predicted octanol–water partition coefficient (Wildman–Crippen LogP) is 4.81. The summed E-state index contributed by atoms with van der Waals surface area (Å²) >= 11 is 6.71. The summed E-state index contributed by atoms with van der Waals surface area (Å²) in [7, 11) is 0. The monoisotopic (exact) mass is 546 g/mol. The van der Waals surface area contributed by atoms with Gasteiger partial charge >= 0.3 is 5.69 Å². The number of piperazine rings is 1. The first-order valence-corrected chi connectivity index (χ1v) is 13.2. The van der Waals surface area contributed by atoms with Crippen molar-refractivity contribution < 1.29 is 9.18 Å². The van der Waals surface area contributed by atoms with Gasteiger partial charge in [-0.1, -0.05) is 49.7 Å². The lowest BCUT2D eigenvalue weighted by Gasteiger charge is -2.40. The van der Waals surface area contributed by atoms with E-state index in [-0.39, 0.29) is 28.2 Å². The van der Waals surface area contributed by atoms with Crippen molar-refractivity contribution >= 4 is 34.4 Å². The SMILES string of the molecule is C=CC(=O)N1CCN(c2nc(=O)n(-c3ccccc3CCC)c3nc(-c4ccncc4F)c(Cl)cc23)[C@@H](C)C1. The molecule has 1 aliphatic rings. The molecule has 0 unspecified atom stereocenters. The summed E-state index contributed by atoms with van der Waals surface area (Å²) in [6, 6.07) is 10.7. The van der Waals surface area contributed by atoms with Gasteiger partial charge in [-0.05, 0) is 43.2 Å². The first-order valence-electron chi connectivity index (χ1n) is 12.8. The van der Waals surface area contributed by atoms with Gasteiger partial charge < -0.3 is 9.80 Å². The number of anilines is 1. The van der Waals surface area contributed by atoms with E-state index in [0.717, 1.165) is 24.6 Å². The molecule has 8 nitrogen and oxygen atoms in total. The van der Waals surface area contributed by atoms with E-state index in [2.05, 4.69) is 23.5 Å². The van der Waals surface area contributed by atoms with E-state index < -0.39 is 11.5 Å². The molecule has 10 heteroatoms. The number of aromatic nitrogens is 4. The molecular weight excluding hydrogens is 519 g/mol. The number of nitrogens with zero attached hydrogens (tertiary/aromatic N) is 6.